The van der Waals surface area contributed by atoms with Crippen LogP contribution < -0.4 is 5.56 Å². The van der Waals surface area contributed by atoms with Crippen molar-refractivity contribution < 1.29 is 18.0 Å². The predicted molar refractivity (Wildman–Crippen MR) is 95.7 cm³/mol. The zero-order chi connectivity index (χ0) is 19.8. The van der Waals surface area contributed by atoms with E-state index in [9.17, 15) is 18.4 Å². The highest BCUT2D eigenvalue weighted by atomic mass is 19.3. The van der Waals surface area contributed by atoms with Crippen LogP contribution in [-0.4, -0.2) is 37.0 Å². The molecule has 10 heteroatoms. The van der Waals surface area contributed by atoms with Gasteiger partial charge in [-0.2, -0.15) is 8.78 Å². The molecule has 0 fully saturated rings. The van der Waals surface area contributed by atoms with Gasteiger partial charge >= 0.3 is 6.55 Å². The van der Waals surface area contributed by atoms with Gasteiger partial charge in [0.2, 0.25) is 11.5 Å². The molecule has 144 valence electrons. The first kappa shape index (κ1) is 17.8. The van der Waals surface area contributed by atoms with Gasteiger partial charge in [0.25, 0.3) is 5.56 Å². The van der Waals surface area contributed by atoms with Crippen molar-refractivity contribution in [2.24, 2.45) is 0 Å². The number of rotatable bonds is 5. The van der Waals surface area contributed by atoms with Crippen LogP contribution in [0.1, 0.15) is 12.4 Å². The number of carbonyl (C=O) groups excluding carboxylic acids is 1. The molecule has 3 aromatic heterocycles. The largest absolute Gasteiger partial charge is 0.448 e. The second-order valence-corrected chi connectivity index (χ2v) is 6.23. The molecule has 8 nitrogen and oxygen atoms in total. The summed E-state index contributed by atoms with van der Waals surface area (Å²) in [6, 6.07) is 7.12. The van der Waals surface area contributed by atoms with Crippen LogP contribution >= 0.6 is 0 Å². The van der Waals surface area contributed by atoms with Crippen LogP contribution in [0.3, 0.4) is 0 Å². The average Bonchev–Trinajstić information content (AvgIpc) is 3.28. The summed E-state index contributed by atoms with van der Waals surface area (Å²) in [5.41, 5.74) is 0.531. The number of alkyl halides is 2. The Balaban J connectivity index is 1.58. The average molecular weight is 387 g/mol. The number of amides is 1. The van der Waals surface area contributed by atoms with E-state index in [0.717, 1.165) is 10.8 Å². The Morgan fingerprint density at radius 2 is 2.07 bits per heavy atom. The van der Waals surface area contributed by atoms with Gasteiger partial charge in [0.15, 0.2) is 0 Å². The normalized spacial score (nSPS) is 11.6. The third-order valence-corrected chi connectivity index (χ3v) is 4.42. The lowest BCUT2D eigenvalue weighted by atomic mass is 10.2. The van der Waals surface area contributed by atoms with Crippen LogP contribution in [0.2, 0.25) is 0 Å². The number of hydrogen-bond donors (Lipinski definition) is 0. The van der Waals surface area contributed by atoms with Crippen molar-refractivity contribution in [3.8, 4) is 0 Å². The van der Waals surface area contributed by atoms with Crippen molar-refractivity contribution in [2.45, 2.75) is 19.6 Å². The second-order valence-electron chi connectivity index (χ2n) is 6.23. The van der Waals surface area contributed by atoms with Crippen molar-refractivity contribution in [1.82, 2.24) is 24.0 Å². The summed E-state index contributed by atoms with van der Waals surface area (Å²) < 4.78 is 33.2. The zero-order valence-corrected chi connectivity index (χ0v) is 14.7. The van der Waals surface area contributed by atoms with Gasteiger partial charge in [-0.1, -0.05) is 12.1 Å². The monoisotopic (exact) mass is 387 g/mol. The fourth-order valence-electron chi connectivity index (χ4n) is 2.94. The maximum atomic E-state index is 12.9. The Kier molecular flexibility index (Phi) is 4.38. The van der Waals surface area contributed by atoms with Crippen LogP contribution in [0.25, 0.3) is 22.1 Å². The molecule has 3 heterocycles. The number of carbonyl (C=O) groups is 1. The number of benzene rings is 1. The number of likely N-dealkylation sites (N-methyl/N-ethyl adjacent to an activating group) is 1. The molecule has 0 radical (unpaired) electrons. The van der Waals surface area contributed by atoms with Gasteiger partial charge in [0.1, 0.15) is 23.5 Å². The van der Waals surface area contributed by atoms with E-state index in [4.69, 9.17) is 4.42 Å². The van der Waals surface area contributed by atoms with E-state index in [0.29, 0.717) is 21.1 Å². The molecular weight excluding hydrogens is 372 g/mol. The Morgan fingerprint density at radius 3 is 2.86 bits per heavy atom. The molecule has 0 aliphatic heterocycles. The van der Waals surface area contributed by atoms with Crippen molar-refractivity contribution in [1.29, 1.82) is 0 Å². The maximum Gasteiger partial charge on any atom is 0.319 e. The van der Waals surface area contributed by atoms with Crippen LogP contribution in [0.5, 0.6) is 0 Å². The van der Waals surface area contributed by atoms with E-state index in [2.05, 4.69) is 9.97 Å². The Morgan fingerprint density at radius 1 is 1.29 bits per heavy atom. The summed E-state index contributed by atoms with van der Waals surface area (Å²) >= 11 is 0. The van der Waals surface area contributed by atoms with E-state index in [-0.39, 0.29) is 24.5 Å². The first-order chi connectivity index (χ1) is 13.5. The van der Waals surface area contributed by atoms with Gasteiger partial charge < -0.3 is 9.32 Å². The van der Waals surface area contributed by atoms with Gasteiger partial charge in [-0.3, -0.25) is 18.7 Å². The molecule has 0 atom stereocenters. The minimum absolute atomic E-state index is 0.0454. The lowest BCUT2D eigenvalue weighted by molar-refractivity contribution is -0.131. The first-order valence-electron chi connectivity index (χ1n) is 8.36. The fourth-order valence-corrected chi connectivity index (χ4v) is 2.94. The lowest BCUT2D eigenvalue weighted by Crippen LogP contribution is -2.34. The summed E-state index contributed by atoms with van der Waals surface area (Å²) in [6.45, 7) is -3.17. The smallest absolute Gasteiger partial charge is 0.319 e. The second kappa shape index (κ2) is 6.87. The molecule has 4 aromatic rings. The van der Waals surface area contributed by atoms with E-state index in [1.54, 1.807) is 18.2 Å². The van der Waals surface area contributed by atoms with Crippen molar-refractivity contribution >= 4 is 28.0 Å². The molecule has 1 aromatic carbocycles. The molecule has 0 saturated carbocycles. The molecule has 28 heavy (non-hydrogen) atoms. The highest BCUT2D eigenvalue weighted by Gasteiger charge is 2.19. The lowest BCUT2D eigenvalue weighted by Gasteiger charge is -2.18. The third-order valence-electron chi connectivity index (χ3n) is 4.42. The Hall–Kier alpha value is -3.56. The Bertz CT molecular complexity index is 1230. The van der Waals surface area contributed by atoms with Gasteiger partial charge in [-0.05, 0) is 12.1 Å². The first-order valence-corrected chi connectivity index (χ1v) is 8.36. The topological polar surface area (TPSA) is 86.2 Å². The molecule has 0 unspecified atom stereocenters. The number of furan rings is 1. The van der Waals surface area contributed by atoms with E-state index >= 15 is 0 Å². The minimum atomic E-state index is -2.75. The van der Waals surface area contributed by atoms with Crippen molar-refractivity contribution in [3.63, 3.8) is 0 Å². The highest BCUT2D eigenvalue weighted by molar-refractivity contribution is 6.01. The number of fused-ring (bicyclic) bond motifs is 3. The molecule has 0 spiro atoms. The zero-order valence-electron chi connectivity index (χ0n) is 14.7. The molecule has 4 rings (SSSR count). The predicted octanol–water partition coefficient (Wildman–Crippen LogP) is 2.39. The number of para-hydroxylation sites is 1. The molecule has 0 aliphatic rings. The highest BCUT2D eigenvalue weighted by Crippen LogP contribution is 2.24. The molecule has 0 saturated heterocycles. The quantitative estimate of drug-likeness (QED) is 0.525. The number of nitrogens with zero attached hydrogens (tertiary/aromatic N) is 5. The van der Waals surface area contributed by atoms with Crippen LogP contribution in [0, 0.1) is 0 Å². The summed E-state index contributed by atoms with van der Waals surface area (Å²) in [4.78, 5) is 34.4. The molecule has 0 aliphatic carbocycles. The molecule has 0 N–H and O–H groups in total. The van der Waals surface area contributed by atoms with Gasteiger partial charge in [0, 0.05) is 24.8 Å². The van der Waals surface area contributed by atoms with E-state index < -0.39 is 18.0 Å². The van der Waals surface area contributed by atoms with Crippen molar-refractivity contribution in [2.75, 3.05) is 7.05 Å². The number of imidazole rings is 1. The Labute approximate surface area is 156 Å². The van der Waals surface area contributed by atoms with Crippen LogP contribution in [0.15, 0.2) is 52.2 Å². The SMILES string of the molecule is CN(Cc1nccn1C(F)F)C(=O)Cn1cnc2c(oc3ccccc32)c1=O. The van der Waals surface area contributed by atoms with E-state index in [1.165, 1.54) is 24.5 Å². The van der Waals surface area contributed by atoms with Gasteiger partial charge in [-0.25, -0.2) is 9.97 Å². The summed E-state index contributed by atoms with van der Waals surface area (Å²) in [5.74, 6) is -0.410. The number of halogens is 2. The maximum absolute atomic E-state index is 12.9. The number of hydrogen-bond acceptors (Lipinski definition) is 5. The van der Waals surface area contributed by atoms with Gasteiger partial charge in [-0.15, -0.1) is 0 Å². The number of aromatic nitrogens is 4. The minimum Gasteiger partial charge on any atom is -0.448 e. The molecule has 0 bridgehead atoms. The fraction of sp³-hybridized carbons (Fsp3) is 0.222. The van der Waals surface area contributed by atoms with Crippen molar-refractivity contribution in [3.05, 3.63) is 59.2 Å². The standard InChI is InChI=1S/C18H15F2N5O3/c1-23(8-13-21-6-7-25(13)18(19)20)14(26)9-24-10-22-15-11-4-2-3-5-12(11)28-16(15)17(24)27/h2-7,10,18H,8-9H2,1H3. The van der Waals surface area contributed by atoms with Crippen LogP contribution in [0.4, 0.5) is 8.78 Å². The summed E-state index contributed by atoms with van der Waals surface area (Å²) in [5, 5.41) is 0.712. The molecule has 1 amide bonds. The van der Waals surface area contributed by atoms with Crippen LogP contribution in [-0.2, 0) is 17.9 Å². The third kappa shape index (κ3) is 3.02. The summed E-state index contributed by atoms with van der Waals surface area (Å²) in [7, 11) is 1.45. The van der Waals surface area contributed by atoms with E-state index in [1.807, 2.05) is 6.07 Å². The summed E-state index contributed by atoms with van der Waals surface area (Å²) in [6.07, 6.45) is 3.66. The van der Waals surface area contributed by atoms with Gasteiger partial charge in [0.05, 0.1) is 12.9 Å². The molecular formula is C18H15F2N5O3.